The number of nitrogens with zero attached hydrogens (tertiary/aromatic N) is 1. The number of amides is 1. The Labute approximate surface area is 190 Å². The predicted molar refractivity (Wildman–Crippen MR) is 112 cm³/mol. The van der Waals surface area contributed by atoms with Crippen LogP contribution in [0.2, 0.25) is 0 Å². The first-order chi connectivity index (χ1) is 15.8. The molecule has 1 atom stereocenters. The average Bonchev–Trinajstić information content (AvgIpc) is 2.76. The molecule has 1 amide bonds. The van der Waals surface area contributed by atoms with Gasteiger partial charge in [-0.3, -0.25) is 4.79 Å². The Morgan fingerprint density at radius 1 is 1.06 bits per heavy atom. The summed E-state index contributed by atoms with van der Waals surface area (Å²) in [6.45, 7) is 1.56. The minimum absolute atomic E-state index is 0.0418. The zero-order valence-corrected chi connectivity index (χ0v) is 18.0. The zero-order chi connectivity index (χ0) is 25.3. The quantitative estimate of drug-likeness (QED) is 0.455. The summed E-state index contributed by atoms with van der Waals surface area (Å²) in [7, 11) is 1.28. The lowest BCUT2D eigenvalue weighted by atomic mass is 9.99. The second-order valence-corrected chi connectivity index (χ2v) is 7.58. The Morgan fingerprint density at radius 3 is 2.35 bits per heavy atom. The minimum atomic E-state index is -5.08. The van der Waals surface area contributed by atoms with E-state index in [0.717, 1.165) is 0 Å². The molecule has 11 heteroatoms. The van der Waals surface area contributed by atoms with E-state index in [4.69, 9.17) is 9.84 Å². The number of alkyl halides is 6. The van der Waals surface area contributed by atoms with Crippen molar-refractivity contribution in [1.82, 2.24) is 10.3 Å². The van der Waals surface area contributed by atoms with Crippen LogP contribution in [0.25, 0.3) is 22.2 Å². The number of carbonyl (C=O) groups is 1. The molecular weight excluding hydrogens is 466 g/mol. The third kappa shape index (κ3) is 5.41. The smallest absolute Gasteiger partial charge is 0.417 e. The molecule has 0 aliphatic heterocycles. The molecule has 0 aliphatic rings. The number of halogens is 6. The van der Waals surface area contributed by atoms with E-state index < -0.39 is 35.0 Å². The van der Waals surface area contributed by atoms with Crippen molar-refractivity contribution in [1.29, 1.82) is 0 Å². The van der Waals surface area contributed by atoms with Crippen molar-refractivity contribution in [3.05, 3.63) is 59.2 Å². The molecule has 0 saturated carbocycles. The molecule has 1 aromatic heterocycles. The first-order valence-corrected chi connectivity index (χ1v) is 10.0. The second-order valence-electron chi connectivity index (χ2n) is 7.58. The van der Waals surface area contributed by atoms with E-state index in [2.05, 4.69) is 10.3 Å². The van der Waals surface area contributed by atoms with Crippen LogP contribution in [0.3, 0.4) is 0 Å². The molecule has 2 N–H and O–H groups in total. The molecule has 3 rings (SSSR count). The van der Waals surface area contributed by atoms with Gasteiger partial charge in [-0.15, -0.1) is 0 Å². The molecule has 0 radical (unpaired) electrons. The maximum Gasteiger partial charge on any atom is 0.417 e. The molecule has 0 fully saturated rings. The number of fused-ring (bicyclic) bond motifs is 1. The van der Waals surface area contributed by atoms with Crippen LogP contribution in [0.4, 0.5) is 26.3 Å². The third-order valence-corrected chi connectivity index (χ3v) is 5.12. The summed E-state index contributed by atoms with van der Waals surface area (Å²) in [6, 6.07) is 6.51. The summed E-state index contributed by atoms with van der Waals surface area (Å²) < 4.78 is 85.3. The van der Waals surface area contributed by atoms with Crippen LogP contribution < -0.4 is 10.1 Å². The number of benzene rings is 2. The maximum absolute atomic E-state index is 13.7. The summed E-state index contributed by atoms with van der Waals surface area (Å²) >= 11 is 0. The lowest BCUT2D eigenvalue weighted by Crippen LogP contribution is -2.33. The molecule has 1 heterocycles. The Balaban J connectivity index is 2.16. The van der Waals surface area contributed by atoms with E-state index in [1.165, 1.54) is 31.4 Å². The lowest BCUT2D eigenvalue weighted by Gasteiger charge is -2.17. The normalized spacial score (nSPS) is 13.1. The fraction of sp³-hybridized carbons (Fsp3) is 0.304. The van der Waals surface area contributed by atoms with Crippen LogP contribution in [0, 0.1) is 0 Å². The first kappa shape index (κ1) is 25.3. The summed E-state index contributed by atoms with van der Waals surface area (Å²) in [6.07, 6.45) is -9.71. The summed E-state index contributed by atoms with van der Waals surface area (Å²) in [5.41, 5.74) is -3.49. The van der Waals surface area contributed by atoms with Gasteiger partial charge in [0.25, 0.3) is 5.91 Å². The minimum Gasteiger partial charge on any atom is -0.496 e. The van der Waals surface area contributed by atoms with Gasteiger partial charge in [0.05, 0.1) is 29.4 Å². The largest absolute Gasteiger partial charge is 0.496 e. The van der Waals surface area contributed by atoms with Crippen LogP contribution in [0.15, 0.2) is 42.5 Å². The highest BCUT2D eigenvalue weighted by Gasteiger charge is 2.38. The number of hydrogen-bond acceptors (Lipinski definition) is 4. The van der Waals surface area contributed by atoms with Crippen molar-refractivity contribution in [2.75, 3.05) is 13.7 Å². The van der Waals surface area contributed by atoms with E-state index >= 15 is 0 Å². The van der Waals surface area contributed by atoms with E-state index in [-0.39, 0.29) is 41.2 Å². The first-order valence-electron chi connectivity index (χ1n) is 10.0. The van der Waals surface area contributed by atoms with Gasteiger partial charge in [0, 0.05) is 35.2 Å². The zero-order valence-electron chi connectivity index (χ0n) is 18.0. The van der Waals surface area contributed by atoms with Gasteiger partial charge in [0.2, 0.25) is 0 Å². The molecule has 2 aromatic carbocycles. The summed E-state index contributed by atoms with van der Waals surface area (Å²) in [5.74, 6) is -0.354. The standard InChI is InChI=1S/C23H20F6N2O3/c1-12(7-8-32)30-21(33)13-3-5-16-18(9-13)31-19(11-20(16)34-2)15-6-4-14(22(24,25)26)10-17(15)23(27,28)29/h3-6,9-12,32H,7-8H2,1-2H3,(H,30,33)/t12-/m1/s1. The molecule has 182 valence electrons. The Kier molecular flexibility index (Phi) is 7.06. The number of hydrogen-bond donors (Lipinski definition) is 2. The van der Waals surface area contributed by atoms with Gasteiger partial charge in [-0.25, -0.2) is 4.98 Å². The van der Waals surface area contributed by atoms with Gasteiger partial charge in [0.1, 0.15) is 5.75 Å². The number of carbonyl (C=O) groups excluding carboxylic acids is 1. The monoisotopic (exact) mass is 486 g/mol. The van der Waals surface area contributed by atoms with Crippen LogP contribution in [0.1, 0.15) is 34.8 Å². The third-order valence-electron chi connectivity index (χ3n) is 5.12. The highest BCUT2D eigenvalue weighted by Crippen LogP contribution is 2.41. The number of methoxy groups -OCH3 is 1. The number of aliphatic hydroxyl groups is 1. The number of aliphatic hydroxyl groups excluding tert-OH is 1. The van der Waals surface area contributed by atoms with Gasteiger partial charge in [0.15, 0.2) is 0 Å². The summed E-state index contributed by atoms with van der Waals surface area (Å²) in [4.78, 5) is 16.7. The van der Waals surface area contributed by atoms with Gasteiger partial charge < -0.3 is 15.2 Å². The fourth-order valence-corrected chi connectivity index (χ4v) is 3.40. The topological polar surface area (TPSA) is 71.5 Å². The second kappa shape index (κ2) is 9.49. The molecule has 0 spiro atoms. The van der Waals surface area contributed by atoms with Gasteiger partial charge in [-0.2, -0.15) is 26.3 Å². The van der Waals surface area contributed by atoms with Crippen molar-refractivity contribution in [3.63, 3.8) is 0 Å². The molecule has 0 aliphatic carbocycles. The molecule has 5 nitrogen and oxygen atoms in total. The molecule has 0 bridgehead atoms. The highest BCUT2D eigenvalue weighted by molar-refractivity contribution is 5.99. The molecule has 3 aromatic rings. The van der Waals surface area contributed by atoms with Crippen LogP contribution in [0.5, 0.6) is 5.75 Å². The maximum atomic E-state index is 13.7. The molecular formula is C23H20F6N2O3. The molecule has 0 unspecified atom stereocenters. The fourth-order valence-electron chi connectivity index (χ4n) is 3.40. The van der Waals surface area contributed by atoms with Crippen molar-refractivity contribution < 1.29 is 41.0 Å². The van der Waals surface area contributed by atoms with Gasteiger partial charge >= 0.3 is 12.4 Å². The van der Waals surface area contributed by atoms with Gasteiger partial charge in [-0.05, 0) is 43.7 Å². The highest BCUT2D eigenvalue weighted by atomic mass is 19.4. The van der Waals surface area contributed by atoms with E-state index in [1.807, 2.05) is 0 Å². The van der Waals surface area contributed by atoms with Crippen molar-refractivity contribution in [3.8, 4) is 17.0 Å². The SMILES string of the molecule is COc1cc(-c2ccc(C(F)(F)F)cc2C(F)(F)F)nc2cc(C(=O)N[C@H](C)CCO)ccc12. The number of pyridine rings is 1. The predicted octanol–water partition coefficient (Wildman–Crippen LogP) is 5.45. The summed E-state index contributed by atoms with van der Waals surface area (Å²) in [5, 5.41) is 12.0. The number of ether oxygens (including phenoxy) is 1. The Morgan fingerprint density at radius 2 is 1.76 bits per heavy atom. The van der Waals surface area contributed by atoms with Crippen LogP contribution in [-0.2, 0) is 12.4 Å². The van der Waals surface area contributed by atoms with Crippen molar-refractivity contribution in [2.24, 2.45) is 0 Å². The van der Waals surface area contributed by atoms with Gasteiger partial charge in [-0.1, -0.05) is 6.07 Å². The van der Waals surface area contributed by atoms with E-state index in [9.17, 15) is 31.1 Å². The van der Waals surface area contributed by atoms with Crippen LogP contribution >= 0.6 is 0 Å². The van der Waals surface area contributed by atoms with Crippen LogP contribution in [-0.4, -0.2) is 35.8 Å². The average molecular weight is 486 g/mol. The number of aromatic nitrogens is 1. The lowest BCUT2D eigenvalue weighted by molar-refractivity contribution is -0.142. The van der Waals surface area contributed by atoms with E-state index in [0.29, 0.717) is 23.9 Å². The number of rotatable bonds is 6. The Bertz CT molecular complexity index is 1210. The van der Waals surface area contributed by atoms with Crippen molar-refractivity contribution >= 4 is 16.8 Å². The molecule has 34 heavy (non-hydrogen) atoms. The van der Waals surface area contributed by atoms with E-state index in [1.54, 1.807) is 6.92 Å². The van der Waals surface area contributed by atoms with Crippen molar-refractivity contribution in [2.45, 2.75) is 31.7 Å². The molecule has 0 saturated heterocycles. The Hall–Kier alpha value is -3.34. The number of nitrogens with one attached hydrogen (secondary N) is 1.